The van der Waals surface area contributed by atoms with Gasteiger partial charge in [-0.25, -0.2) is 0 Å². The molecule has 0 atom stereocenters. The van der Waals surface area contributed by atoms with Crippen LogP contribution in [-0.4, -0.2) is 11.2 Å². The minimum absolute atomic E-state index is 0.0426. The van der Waals surface area contributed by atoms with Crippen LogP contribution in [-0.2, 0) is 6.61 Å². The van der Waals surface area contributed by atoms with E-state index in [1.807, 2.05) is 12.1 Å². The normalized spacial score (nSPS) is 16.7. The van der Waals surface area contributed by atoms with Crippen LogP contribution in [0.15, 0.2) is 21.1 Å². The second-order valence-corrected chi connectivity index (χ2v) is 5.78. The van der Waals surface area contributed by atoms with E-state index in [0.29, 0.717) is 6.10 Å². The molecule has 0 radical (unpaired) electrons. The SMILES string of the molecule is OCc1cc(Br)c(OC2CCCC2)c(Br)c1. The van der Waals surface area contributed by atoms with E-state index < -0.39 is 0 Å². The van der Waals surface area contributed by atoms with Crippen LogP contribution in [0.5, 0.6) is 5.75 Å². The third kappa shape index (κ3) is 2.79. The van der Waals surface area contributed by atoms with Crippen LogP contribution in [0.3, 0.4) is 0 Å². The number of aliphatic hydroxyl groups excluding tert-OH is 1. The summed E-state index contributed by atoms with van der Waals surface area (Å²) in [6.45, 7) is 0.0426. The molecule has 0 aromatic heterocycles. The minimum atomic E-state index is 0.0426. The third-order valence-electron chi connectivity index (χ3n) is 2.83. The Balaban J connectivity index is 2.19. The van der Waals surface area contributed by atoms with Crippen molar-refractivity contribution in [1.82, 2.24) is 0 Å². The Morgan fingerprint density at radius 2 is 1.75 bits per heavy atom. The summed E-state index contributed by atoms with van der Waals surface area (Å²) in [5.41, 5.74) is 0.873. The molecule has 0 heterocycles. The summed E-state index contributed by atoms with van der Waals surface area (Å²) in [7, 11) is 0. The predicted octanol–water partition coefficient (Wildman–Crippen LogP) is 4.03. The Morgan fingerprint density at radius 1 is 1.19 bits per heavy atom. The predicted molar refractivity (Wildman–Crippen MR) is 70.6 cm³/mol. The van der Waals surface area contributed by atoms with Crippen LogP contribution in [0.1, 0.15) is 31.2 Å². The molecule has 16 heavy (non-hydrogen) atoms. The van der Waals surface area contributed by atoms with Gasteiger partial charge in [0.15, 0.2) is 0 Å². The lowest BCUT2D eigenvalue weighted by Crippen LogP contribution is -2.11. The fraction of sp³-hybridized carbons (Fsp3) is 0.500. The number of halogens is 2. The Morgan fingerprint density at radius 3 is 2.25 bits per heavy atom. The molecule has 1 aliphatic carbocycles. The van der Waals surface area contributed by atoms with Crippen molar-refractivity contribution >= 4 is 31.9 Å². The van der Waals surface area contributed by atoms with Gasteiger partial charge in [-0.1, -0.05) is 0 Å². The number of ether oxygens (including phenoxy) is 1. The Hall–Kier alpha value is -0.0600. The van der Waals surface area contributed by atoms with Gasteiger partial charge in [-0.15, -0.1) is 0 Å². The standard InChI is InChI=1S/C12H14Br2O2/c13-10-5-8(7-15)6-11(14)12(10)16-9-3-1-2-4-9/h5-6,9,15H,1-4,7H2. The van der Waals surface area contributed by atoms with Gasteiger partial charge < -0.3 is 9.84 Å². The molecule has 4 heteroatoms. The molecule has 88 valence electrons. The maximum atomic E-state index is 9.08. The fourth-order valence-corrected chi connectivity index (χ4v) is 3.46. The van der Waals surface area contributed by atoms with E-state index in [9.17, 15) is 0 Å². The van der Waals surface area contributed by atoms with E-state index in [0.717, 1.165) is 33.1 Å². The van der Waals surface area contributed by atoms with Crippen molar-refractivity contribution in [2.45, 2.75) is 38.4 Å². The second kappa shape index (κ2) is 5.52. The van der Waals surface area contributed by atoms with Gasteiger partial charge in [0.2, 0.25) is 0 Å². The monoisotopic (exact) mass is 348 g/mol. The first-order chi connectivity index (χ1) is 7.70. The second-order valence-electron chi connectivity index (χ2n) is 4.07. The smallest absolute Gasteiger partial charge is 0.148 e. The lowest BCUT2D eigenvalue weighted by Gasteiger charge is -2.16. The lowest BCUT2D eigenvalue weighted by molar-refractivity contribution is 0.207. The highest BCUT2D eigenvalue weighted by Crippen LogP contribution is 2.37. The van der Waals surface area contributed by atoms with Crippen molar-refractivity contribution < 1.29 is 9.84 Å². The number of aliphatic hydroxyl groups is 1. The van der Waals surface area contributed by atoms with Crippen molar-refractivity contribution in [1.29, 1.82) is 0 Å². The summed E-state index contributed by atoms with van der Waals surface area (Å²) in [6, 6.07) is 3.80. The van der Waals surface area contributed by atoms with Crippen LogP contribution in [0.2, 0.25) is 0 Å². The van der Waals surface area contributed by atoms with Crippen molar-refractivity contribution in [3.8, 4) is 5.75 Å². The largest absolute Gasteiger partial charge is 0.488 e. The highest BCUT2D eigenvalue weighted by Gasteiger charge is 2.19. The van der Waals surface area contributed by atoms with Crippen molar-refractivity contribution in [3.63, 3.8) is 0 Å². The van der Waals surface area contributed by atoms with Crippen molar-refractivity contribution in [2.75, 3.05) is 0 Å². The van der Waals surface area contributed by atoms with Crippen LogP contribution in [0, 0.1) is 0 Å². The molecule has 1 N–H and O–H groups in total. The van der Waals surface area contributed by atoms with Crippen LogP contribution < -0.4 is 4.74 Å². The molecular formula is C12H14Br2O2. The van der Waals surface area contributed by atoms with E-state index in [1.165, 1.54) is 12.8 Å². The van der Waals surface area contributed by atoms with Gasteiger partial charge >= 0.3 is 0 Å². The van der Waals surface area contributed by atoms with Gasteiger partial charge in [0.1, 0.15) is 5.75 Å². The number of rotatable bonds is 3. The van der Waals surface area contributed by atoms with Gasteiger partial charge in [0.05, 0.1) is 21.7 Å². The third-order valence-corrected chi connectivity index (χ3v) is 4.01. The van der Waals surface area contributed by atoms with Crippen LogP contribution >= 0.6 is 31.9 Å². The molecule has 1 aromatic carbocycles. The molecule has 0 aliphatic heterocycles. The summed E-state index contributed by atoms with van der Waals surface area (Å²) in [6.07, 6.45) is 5.14. The number of hydrogen-bond acceptors (Lipinski definition) is 2. The zero-order valence-corrected chi connectivity index (χ0v) is 12.1. The van der Waals surface area contributed by atoms with E-state index >= 15 is 0 Å². The molecule has 0 saturated heterocycles. The maximum absolute atomic E-state index is 9.08. The average Bonchev–Trinajstić information content (AvgIpc) is 2.75. The minimum Gasteiger partial charge on any atom is -0.488 e. The first-order valence-corrected chi connectivity index (χ1v) is 7.04. The fourth-order valence-electron chi connectivity index (χ4n) is 1.99. The van der Waals surface area contributed by atoms with Gasteiger partial charge in [-0.2, -0.15) is 0 Å². The summed E-state index contributed by atoms with van der Waals surface area (Å²) < 4.78 is 7.76. The first kappa shape index (κ1) is 12.4. The quantitative estimate of drug-likeness (QED) is 0.892. The average molecular weight is 350 g/mol. The van der Waals surface area contributed by atoms with E-state index in [4.69, 9.17) is 9.84 Å². The topological polar surface area (TPSA) is 29.5 Å². The first-order valence-electron chi connectivity index (χ1n) is 5.46. The highest BCUT2D eigenvalue weighted by atomic mass is 79.9. The lowest BCUT2D eigenvalue weighted by atomic mass is 10.2. The molecule has 0 unspecified atom stereocenters. The summed E-state index contributed by atoms with van der Waals surface area (Å²) >= 11 is 6.96. The molecule has 1 fully saturated rings. The zero-order chi connectivity index (χ0) is 11.5. The molecule has 1 aliphatic rings. The molecule has 0 spiro atoms. The molecular weight excluding hydrogens is 336 g/mol. The Bertz CT molecular complexity index is 350. The molecule has 2 rings (SSSR count). The van der Waals surface area contributed by atoms with E-state index in [-0.39, 0.29) is 6.61 Å². The van der Waals surface area contributed by atoms with Crippen LogP contribution in [0.4, 0.5) is 0 Å². The van der Waals surface area contributed by atoms with Gasteiger partial charge in [-0.3, -0.25) is 0 Å². The summed E-state index contributed by atoms with van der Waals surface area (Å²) in [5.74, 6) is 0.851. The maximum Gasteiger partial charge on any atom is 0.148 e. The van der Waals surface area contributed by atoms with E-state index in [1.54, 1.807) is 0 Å². The van der Waals surface area contributed by atoms with Gasteiger partial charge in [0.25, 0.3) is 0 Å². The highest BCUT2D eigenvalue weighted by molar-refractivity contribution is 9.11. The number of benzene rings is 1. The van der Waals surface area contributed by atoms with E-state index in [2.05, 4.69) is 31.9 Å². The molecule has 0 bridgehead atoms. The molecule has 1 saturated carbocycles. The Kier molecular flexibility index (Phi) is 4.27. The molecule has 1 aromatic rings. The summed E-state index contributed by atoms with van der Waals surface area (Å²) in [5, 5.41) is 9.08. The van der Waals surface area contributed by atoms with Gasteiger partial charge in [-0.05, 0) is 75.2 Å². The van der Waals surface area contributed by atoms with Crippen molar-refractivity contribution in [3.05, 3.63) is 26.6 Å². The molecule has 0 amide bonds. The van der Waals surface area contributed by atoms with Gasteiger partial charge in [0, 0.05) is 0 Å². The number of hydrogen-bond donors (Lipinski definition) is 1. The van der Waals surface area contributed by atoms with Crippen molar-refractivity contribution in [2.24, 2.45) is 0 Å². The molecule has 2 nitrogen and oxygen atoms in total. The Labute approximate surface area is 112 Å². The summed E-state index contributed by atoms with van der Waals surface area (Å²) in [4.78, 5) is 0. The van der Waals surface area contributed by atoms with Crippen LogP contribution in [0.25, 0.3) is 0 Å². The zero-order valence-electron chi connectivity index (χ0n) is 8.88.